The second-order valence-electron chi connectivity index (χ2n) is 7.33. The van der Waals surface area contributed by atoms with E-state index in [2.05, 4.69) is 14.8 Å². The van der Waals surface area contributed by atoms with Crippen LogP contribution in [0.1, 0.15) is 5.56 Å². The minimum atomic E-state index is -5.11. The van der Waals surface area contributed by atoms with Crippen LogP contribution in [0.25, 0.3) is 22.2 Å². The Morgan fingerprint density at radius 2 is 1.76 bits per heavy atom. The lowest BCUT2D eigenvalue weighted by molar-refractivity contribution is -0.211. The van der Waals surface area contributed by atoms with E-state index in [1.54, 1.807) is 6.07 Å². The van der Waals surface area contributed by atoms with Crippen LogP contribution in [0.3, 0.4) is 0 Å². The standard InChI is InChI=1S/C20H14F6N4O3/c21-19(22,23)13-3-1-2-11(4-13)12-5-16-15(27-6-12)7-28-30(16)10-17(31)29-8-14(9-29)33-18(32)20(24,25)26/h1-7,14H,8-10H2. The first-order valence-corrected chi connectivity index (χ1v) is 9.46. The van der Waals surface area contributed by atoms with Crippen molar-refractivity contribution in [3.63, 3.8) is 0 Å². The molecule has 1 aliphatic heterocycles. The van der Waals surface area contributed by atoms with Crippen LogP contribution in [0.2, 0.25) is 0 Å². The number of aromatic nitrogens is 3. The number of nitrogens with zero attached hydrogens (tertiary/aromatic N) is 4. The molecular weight excluding hydrogens is 458 g/mol. The van der Waals surface area contributed by atoms with Gasteiger partial charge in [0, 0.05) is 11.8 Å². The van der Waals surface area contributed by atoms with Crippen LogP contribution in [-0.2, 0) is 27.0 Å². The predicted octanol–water partition coefficient (Wildman–Crippen LogP) is 3.43. The number of carbonyl (C=O) groups is 2. The van der Waals surface area contributed by atoms with E-state index in [1.807, 2.05) is 0 Å². The van der Waals surface area contributed by atoms with Crippen molar-refractivity contribution in [1.82, 2.24) is 19.7 Å². The number of fused-ring (bicyclic) bond motifs is 1. The fraction of sp³-hybridized carbons (Fsp3) is 0.300. The van der Waals surface area contributed by atoms with Crippen molar-refractivity contribution in [3.8, 4) is 11.1 Å². The molecule has 1 aromatic carbocycles. The first kappa shape index (κ1) is 22.6. The molecule has 4 rings (SSSR count). The molecule has 1 aliphatic rings. The number of hydrogen-bond donors (Lipinski definition) is 0. The average Bonchev–Trinajstić information content (AvgIpc) is 3.10. The van der Waals surface area contributed by atoms with Gasteiger partial charge in [0.2, 0.25) is 5.91 Å². The van der Waals surface area contributed by atoms with Crippen molar-refractivity contribution < 1.29 is 40.7 Å². The van der Waals surface area contributed by atoms with E-state index in [0.29, 0.717) is 16.6 Å². The second kappa shape index (κ2) is 8.05. The molecule has 0 spiro atoms. The van der Waals surface area contributed by atoms with Gasteiger partial charge < -0.3 is 9.64 Å². The molecule has 0 saturated carbocycles. The van der Waals surface area contributed by atoms with Gasteiger partial charge in [0.05, 0.1) is 30.4 Å². The summed E-state index contributed by atoms with van der Waals surface area (Å²) in [5, 5.41) is 4.06. The topological polar surface area (TPSA) is 77.3 Å². The normalized spacial score (nSPS) is 14.9. The van der Waals surface area contributed by atoms with E-state index in [4.69, 9.17) is 0 Å². The smallest absolute Gasteiger partial charge is 0.452 e. The van der Waals surface area contributed by atoms with E-state index in [9.17, 15) is 35.9 Å². The van der Waals surface area contributed by atoms with Crippen LogP contribution in [0.4, 0.5) is 26.3 Å². The van der Waals surface area contributed by atoms with Gasteiger partial charge in [-0.15, -0.1) is 0 Å². The molecule has 1 amide bonds. The number of ether oxygens (including phenoxy) is 1. The number of rotatable bonds is 4. The summed E-state index contributed by atoms with van der Waals surface area (Å²) >= 11 is 0. The highest BCUT2D eigenvalue weighted by Crippen LogP contribution is 2.32. The van der Waals surface area contributed by atoms with Gasteiger partial charge in [-0.25, -0.2) is 4.79 Å². The number of benzene rings is 1. The Hall–Kier alpha value is -3.64. The molecule has 2 aromatic heterocycles. The molecule has 0 bridgehead atoms. The SMILES string of the molecule is O=C(Cn1ncc2ncc(-c3cccc(C(F)(F)F)c3)cc21)N1CC(OC(=O)C(F)(F)F)C1. The number of alkyl halides is 6. The number of carbonyl (C=O) groups excluding carboxylic acids is 2. The molecule has 13 heteroatoms. The molecule has 0 aliphatic carbocycles. The highest BCUT2D eigenvalue weighted by Gasteiger charge is 2.44. The summed E-state index contributed by atoms with van der Waals surface area (Å²) in [6.07, 6.45) is -7.90. The van der Waals surface area contributed by atoms with E-state index < -0.39 is 35.9 Å². The molecule has 1 saturated heterocycles. The first-order chi connectivity index (χ1) is 15.4. The molecule has 3 aromatic rings. The lowest BCUT2D eigenvalue weighted by Gasteiger charge is -2.38. The number of halogens is 6. The summed E-state index contributed by atoms with van der Waals surface area (Å²) < 4.78 is 81.3. The van der Waals surface area contributed by atoms with Gasteiger partial charge in [-0.05, 0) is 23.8 Å². The highest BCUT2D eigenvalue weighted by atomic mass is 19.4. The third-order valence-electron chi connectivity index (χ3n) is 5.01. The van der Waals surface area contributed by atoms with E-state index in [0.717, 1.165) is 12.1 Å². The predicted molar refractivity (Wildman–Crippen MR) is 100 cm³/mol. The molecule has 0 N–H and O–H groups in total. The maximum absolute atomic E-state index is 13.0. The summed E-state index contributed by atoms with van der Waals surface area (Å²) in [6, 6.07) is 6.24. The lowest BCUT2D eigenvalue weighted by Crippen LogP contribution is -2.56. The molecule has 0 radical (unpaired) electrons. The summed E-state index contributed by atoms with van der Waals surface area (Å²) in [5.74, 6) is -2.80. The van der Waals surface area contributed by atoms with Gasteiger partial charge in [-0.2, -0.15) is 31.4 Å². The fourth-order valence-corrected chi connectivity index (χ4v) is 3.28. The Morgan fingerprint density at radius 3 is 2.42 bits per heavy atom. The number of amides is 1. The lowest BCUT2D eigenvalue weighted by atomic mass is 10.0. The molecule has 0 atom stereocenters. The van der Waals surface area contributed by atoms with Gasteiger partial charge in [-0.3, -0.25) is 14.5 Å². The summed E-state index contributed by atoms with van der Waals surface area (Å²) in [6.45, 7) is -0.654. The van der Waals surface area contributed by atoms with Crippen LogP contribution in [0, 0.1) is 0 Å². The zero-order chi connectivity index (χ0) is 24.0. The van der Waals surface area contributed by atoms with Crippen molar-refractivity contribution in [3.05, 3.63) is 48.3 Å². The highest BCUT2D eigenvalue weighted by molar-refractivity contribution is 5.83. The van der Waals surface area contributed by atoms with Gasteiger partial charge >= 0.3 is 18.3 Å². The van der Waals surface area contributed by atoms with E-state index in [1.165, 1.54) is 34.1 Å². The minimum absolute atomic E-state index is 0.187. The van der Waals surface area contributed by atoms with Gasteiger partial charge in [0.15, 0.2) is 0 Å². The Labute approximate surface area is 181 Å². The Balaban J connectivity index is 1.47. The zero-order valence-electron chi connectivity index (χ0n) is 16.5. The molecule has 3 heterocycles. The van der Waals surface area contributed by atoms with Crippen LogP contribution < -0.4 is 0 Å². The molecule has 0 unspecified atom stereocenters. The van der Waals surface area contributed by atoms with Crippen LogP contribution in [-0.4, -0.2) is 56.9 Å². The zero-order valence-corrected chi connectivity index (χ0v) is 16.5. The minimum Gasteiger partial charge on any atom is -0.452 e. The van der Waals surface area contributed by atoms with Crippen molar-refractivity contribution in [2.24, 2.45) is 0 Å². The molecule has 7 nitrogen and oxygen atoms in total. The van der Waals surface area contributed by atoms with Crippen LogP contribution in [0.15, 0.2) is 42.7 Å². The number of pyridine rings is 1. The fourth-order valence-electron chi connectivity index (χ4n) is 3.28. The molecule has 174 valence electrons. The monoisotopic (exact) mass is 472 g/mol. The van der Waals surface area contributed by atoms with Crippen molar-refractivity contribution in [1.29, 1.82) is 0 Å². The molecule has 33 heavy (non-hydrogen) atoms. The molecular formula is C20H14F6N4O3. The Morgan fingerprint density at radius 1 is 1.03 bits per heavy atom. The van der Waals surface area contributed by atoms with Crippen LogP contribution >= 0.6 is 0 Å². The summed E-state index contributed by atoms with van der Waals surface area (Å²) in [5.41, 5.74) is 0.626. The Bertz CT molecular complexity index is 1210. The second-order valence-corrected chi connectivity index (χ2v) is 7.33. The summed E-state index contributed by atoms with van der Waals surface area (Å²) in [4.78, 5) is 28.6. The van der Waals surface area contributed by atoms with Gasteiger partial charge in [0.1, 0.15) is 18.2 Å². The van der Waals surface area contributed by atoms with Crippen molar-refractivity contribution in [2.75, 3.05) is 13.1 Å². The maximum Gasteiger partial charge on any atom is 0.490 e. The average molecular weight is 472 g/mol. The number of esters is 1. The third kappa shape index (κ3) is 4.76. The van der Waals surface area contributed by atoms with Crippen molar-refractivity contribution in [2.45, 2.75) is 25.0 Å². The maximum atomic E-state index is 13.0. The number of hydrogen-bond acceptors (Lipinski definition) is 5. The van der Waals surface area contributed by atoms with E-state index >= 15 is 0 Å². The summed E-state index contributed by atoms with van der Waals surface area (Å²) in [7, 11) is 0. The quantitative estimate of drug-likeness (QED) is 0.430. The third-order valence-corrected chi connectivity index (χ3v) is 5.01. The largest absolute Gasteiger partial charge is 0.490 e. The first-order valence-electron chi connectivity index (χ1n) is 9.46. The Kier molecular flexibility index (Phi) is 5.50. The van der Waals surface area contributed by atoms with Gasteiger partial charge in [-0.1, -0.05) is 12.1 Å². The number of likely N-dealkylation sites (tertiary alicyclic amines) is 1. The van der Waals surface area contributed by atoms with Crippen LogP contribution in [0.5, 0.6) is 0 Å². The molecule has 1 fully saturated rings. The van der Waals surface area contributed by atoms with Crippen molar-refractivity contribution >= 4 is 22.9 Å². The van der Waals surface area contributed by atoms with Gasteiger partial charge in [0.25, 0.3) is 0 Å². The van der Waals surface area contributed by atoms with E-state index in [-0.39, 0.29) is 25.2 Å².